The first-order valence-corrected chi connectivity index (χ1v) is 6.29. The molecule has 3 aromatic rings. The number of fused-ring (bicyclic) bond motifs is 1. The maximum atomic E-state index is 5.31. The van der Waals surface area contributed by atoms with Crippen LogP contribution in [0, 0.1) is 3.95 Å². The van der Waals surface area contributed by atoms with Crippen molar-refractivity contribution in [1.82, 2.24) is 4.57 Å². The summed E-state index contributed by atoms with van der Waals surface area (Å²) < 4.78 is 2.94. The molecule has 1 aromatic heterocycles. The monoisotopic (exact) mass is 243 g/mol. The van der Waals surface area contributed by atoms with Gasteiger partial charge in [-0.25, -0.2) is 0 Å². The highest BCUT2D eigenvalue weighted by Gasteiger charge is 2.02. The number of thiazole rings is 1. The highest BCUT2D eigenvalue weighted by atomic mass is 32.1. The van der Waals surface area contributed by atoms with Gasteiger partial charge in [-0.05, 0) is 23.7 Å². The molecule has 78 valence electrons. The Hall–Kier alpha value is -1.45. The van der Waals surface area contributed by atoms with E-state index in [4.69, 9.17) is 12.2 Å². The Balaban J connectivity index is 2.41. The third kappa shape index (κ3) is 1.49. The summed E-state index contributed by atoms with van der Waals surface area (Å²) in [5.74, 6) is 0. The minimum atomic E-state index is 0.886. The van der Waals surface area contributed by atoms with Crippen LogP contribution in [0.1, 0.15) is 0 Å². The van der Waals surface area contributed by atoms with Crippen molar-refractivity contribution in [2.75, 3.05) is 0 Å². The van der Waals surface area contributed by atoms with Gasteiger partial charge < -0.3 is 0 Å². The largest absolute Gasteiger partial charge is 0.298 e. The van der Waals surface area contributed by atoms with Crippen LogP contribution in [-0.2, 0) is 0 Å². The number of benzene rings is 2. The highest BCUT2D eigenvalue weighted by molar-refractivity contribution is 7.73. The van der Waals surface area contributed by atoms with Crippen LogP contribution in [-0.4, -0.2) is 4.57 Å². The molecule has 3 heteroatoms. The quantitative estimate of drug-likeness (QED) is 0.573. The van der Waals surface area contributed by atoms with Crippen LogP contribution in [0.4, 0.5) is 0 Å². The van der Waals surface area contributed by atoms with E-state index >= 15 is 0 Å². The van der Waals surface area contributed by atoms with E-state index in [1.54, 1.807) is 11.3 Å². The molecule has 0 radical (unpaired) electrons. The average molecular weight is 243 g/mol. The van der Waals surface area contributed by atoms with Gasteiger partial charge in [0.15, 0.2) is 3.95 Å². The molecule has 0 bridgehead atoms. The van der Waals surface area contributed by atoms with Crippen molar-refractivity contribution in [3.8, 4) is 5.69 Å². The van der Waals surface area contributed by atoms with Gasteiger partial charge in [0.1, 0.15) is 0 Å². The van der Waals surface area contributed by atoms with Crippen LogP contribution in [0.3, 0.4) is 0 Å². The van der Waals surface area contributed by atoms with E-state index in [1.807, 2.05) is 11.6 Å². The summed E-state index contributed by atoms with van der Waals surface area (Å²) in [7, 11) is 0. The zero-order chi connectivity index (χ0) is 11.0. The summed E-state index contributed by atoms with van der Waals surface area (Å²) in [6.45, 7) is 0. The Morgan fingerprint density at radius 2 is 1.81 bits per heavy atom. The molecule has 0 aliphatic heterocycles. The first-order chi connectivity index (χ1) is 7.86. The van der Waals surface area contributed by atoms with E-state index in [9.17, 15) is 0 Å². The molecular formula is C13H9NS2. The number of hydrogen-bond donors (Lipinski definition) is 0. The fourth-order valence-corrected chi connectivity index (χ4v) is 2.76. The summed E-state index contributed by atoms with van der Waals surface area (Å²) in [5.41, 5.74) is 1.16. The summed E-state index contributed by atoms with van der Waals surface area (Å²) in [5, 5.41) is 4.50. The van der Waals surface area contributed by atoms with Crippen LogP contribution in [0.5, 0.6) is 0 Å². The van der Waals surface area contributed by atoms with Gasteiger partial charge in [0, 0.05) is 17.0 Å². The van der Waals surface area contributed by atoms with E-state index in [0.29, 0.717) is 0 Å². The molecule has 16 heavy (non-hydrogen) atoms. The second kappa shape index (κ2) is 3.85. The lowest BCUT2D eigenvalue weighted by Gasteiger charge is -2.06. The van der Waals surface area contributed by atoms with Gasteiger partial charge in [-0.3, -0.25) is 4.57 Å². The van der Waals surface area contributed by atoms with Crippen LogP contribution >= 0.6 is 23.6 Å². The smallest absolute Gasteiger partial charge is 0.165 e. The minimum absolute atomic E-state index is 0.886. The second-order valence-electron chi connectivity index (χ2n) is 3.54. The third-order valence-electron chi connectivity index (χ3n) is 2.60. The standard InChI is InChI=1S/C13H9NS2/c15-13-14(8-9-16-13)12-7-3-5-10-4-1-2-6-11(10)12/h1-9H. The Labute approximate surface area is 103 Å². The highest BCUT2D eigenvalue weighted by Crippen LogP contribution is 2.23. The molecule has 0 aliphatic rings. The van der Waals surface area contributed by atoms with Crippen molar-refractivity contribution in [3.05, 3.63) is 58.0 Å². The Morgan fingerprint density at radius 3 is 2.62 bits per heavy atom. The van der Waals surface area contributed by atoms with Gasteiger partial charge in [0.2, 0.25) is 0 Å². The van der Waals surface area contributed by atoms with Crippen molar-refractivity contribution < 1.29 is 0 Å². The number of hydrogen-bond acceptors (Lipinski definition) is 2. The SMILES string of the molecule is S=c1sccn1-c1cccc2ccccc12. The zero-order valence-electron chi connectivity index (χ0n) is 8.46. The fraction of sp³-hybridized carbons (Fsp3) is 0. The van der Waals surface area contributed by atoms with Gasteiger partial charge in [-0.15, -0.1) is 11.3 Å². The molecule has 0 aliphatic carbocycles. The Morgan fingerprint density at radius 1 is 1.00 bits per heavy atom. The van der Waals surface area contributed by atoms with Crippen LogP contribution in [0.2, 0.25) is 0 Å². The maximum Gasteiger partial charge on any atom is 0.165 e. The van der Waals surface area contributed by atoms with Crippen LogP contribution in [0.15, 0.2) is 54.0 Å². The lowest BCUT2D eigenvalue weighted by molar-refractivity contribution is 1.08. The summed E-state index contributed by atoms with van der Waals surface area (Å²) in [4.78, 5) is 0. The molecule has 0 saturated heterocycles. The average Bonchev–Trinajstić information content (AvgIpc) is 2.75. The zero-order valence-corrected chi connectivity index (χ0v) is 10.1. The molecule has 0 amide bonds. The molecule has 3 rings (SSSR count). The van der Waals surface area contributed by atoms with Crippen LogP contribution in [0.25, 0.3) is 16.5 Å². The van der Waals surface area contributed by atoms with Crippen LogP contribution < -0.4 is 0 Å². The lowest BCUT2D eigenvalue weighted by atomic mass is 10.1. The normalized spacial score (nSPS) is 10.8. The predicted octanol–water partition coefficient (Wildman–Crippen LogP) is 4.42. The van der Waals surface area contributed by atoms with E-state index in [0.717, 1.165) is 9.64 Å². The lowest BCUT2D eigenvalue weighted by Crippen LogP contribution is -1.92. The molecule has 1 heterocycles. The van der Waals surface area contributed by atoms with Gasteiger partial charge in [-0.2, -0.15) is 0 Å². The Bertz CT molecular complexity index is 689. The first kappa shape index (κ1) is 9.75. The molecule has 0 unspecified atom stereocenters. The number of rotatable bonds is 1. The maximum absolute atomic E-state index is 5.31. The molecule has 0 saturated carbocycles. The minimum Gasteiger partial charge on any atom is -0.298 e. The van der Waals surface area contributed by atoms with Gasteiger partial charge in [0.05, 0.1) is 5.69 Å². The van der Waals surface area contributed by atoms with Crippen molar-refractivity contribution in [2.45, 2.75) is 0 Å². The summed E-state index contributed by atoms with van der Waals surface area (Å²) >= 11 is 6.90. The van der Waals surface area contributed by atoms with Gasteiger partial charge >= 0.3 is 0 Å². The fourth-order valence-electron chi connectivity index (χ4n) is 1.86. The van der Waals surface area contributed by atoms with E-state index in [1.165, 1.54) is 10.8 Å². The molecule has 1 nitrogen and oxygen atoms in total. The van der Waals surface area contributed by atoms with E-state index < -0.39 is 0 Å². The first-order valence-electron chi connectivity index (χ1n) is 5.00. The van der Waals surface area contributed by atoms with Crippen molar-refractivity contribution in [1.29, 1.82) is 0 Å². The van der Waals surface area contributed by atoms with Crippen molar-refractivity contribution in [3.63, 3.8) is 0 Å². The summed E-state index contributed by atoms with van der Waals surface area (Å²) in [6.07, 6.45) is 2.02. The molecule has 2 aromatic carbocycles. The number of aromatic nitrogens is 1. The van der Waals surface area contributed by atoms with Gasteiger partial charge in [0.25, 0.3) is 0 Å². The number of nitrogens with zero attached hydrogens (tertiary/aromatic N) is 1. The van der Waals surface area contributed by atoms with Crippen molar-refractivity contribution in [2.24, 2.45) is 0 Å². The molecule has 0 spiro atoms. The summed E-state index contributed by atoms with van der Waals surface area (Å²) in [6, 6.07) is 14.6. The predicted molar refractivity (Wildman–Crippen MR) is 72.0 cm³/mol. The van der Waals surface area contributed by atoms with Crippen molar-refractivity contribution >= 4 is 34.3 Å². The molecule has 0 atom stereocenters. The topological polar surface area (TPSA) is 4.93 Å². The third-order valence-corrected chi connectivity index (χ3v) is 3.74. The second-order valence-corrected chi connectivity index (χ2v) is 5.08. The molecular weight excluding hydrogens is 234 g/mol. The van der Waals surface area contributed by atoms with Gasteiger partial charge in [-0.1, -0.05) is 36.4 Å². The van der Waals surface area contributed by atoms with E-state index in [-0.39, 0.29) is 0 Å². The molecule has 0 N–H and O–H groups in total. The Kier molecular flexibility index (Phi) is 2.35. The molecule has 0 fully saturated rings. The van der Waals surface area contributed by atoms with E-state index in [2.05, 4.69) is 47.0 Å².